The molecule has 122 valence electrons. The van der Waals surface area contributed by atoms with Crippen LogP contribution in [-0.2, 0) is 16.6 Å². The summed E-state index contributed by atoms with van der Waals surface area (Å²) in [4.78, 5) is 4.71. The van der Waals surface area contributed by atoms with Crippen LogP contribution < -0.4 is 10.6 Å². The van der Waals surface area contributed by atoms with Crippen molar-refractivity contribution in [3.63, 3.8) is 0 Å². The lowest BCUT2D eigenvalue weighted by Gasteiger charge is -2.12. The topological polar surface area (TPSA) is 73.8 Å². The molecule has 0 saturated heterocycles. The molecule has 0 fully saturated rings. The van der Waals surface area contributed by atoms with Crippen molar-refractivity contribution >= 4 is 16.0 Å². The van der Waals surface area contributed by atoms with E-state index in [0.29, 0.717) is 19.0 Å². The van der Waals surface area contributed by atoms with E-state index < -0.39 is 10.0 Å². The van der Waals surface area contributed by atoms with Crippen LogP contribution in [0.1, 0.15) is 12.5 Å². The lowest BCUT2D eigenvalue weighted by atomic mass is 10.2. The molecule has 1 aromatic rings. The molecule has 0 aliphatic heterocycles. The molecule has 1 rings (SSSR count). The molecule has 22 heavy (non-hydrogen) atoms. The fourth-order valence-electron chi connectivity index (χ4n) is 1.66. The minimum atomic E-state index is -3.38. The molecule has 6 nitrogen and oxygen atoms in total. The maximum absolute atomic E-state index is 12.0. The average Bonchev–Trinajstić information content (AvgIpc) is 2.50. The van der Waals surface area contributed by atoms with Crippen LogP contribution in [-0.4, -0.2) is 45.9 Å². The van der Waals surface area contributed by atoms with Gasteiger partial charge in [-0.15, -0.1) is 6.58 Å². The SMILES string of the molecule is C=CCNC(=NCc1ccc(S(=O)(=O)N(C)C)cc1)NCC. The van der Waals surface area contributed by atoms with Crippen molar-refractivity contribution < 1.29 is 8.42 Å². The second-order valence-corrected chi connectivity index (χ2v) is 6.95. The average molecular weight is 324 g/mol. The second kappa shape index (κ2) is 8.55. The molecule has 1 aromatic carbocycles. The van der Waals surface area contributed by atoms with Gasteiger partial charge in [0.1, 0.15) is 0 Å². The zero-order valence-corrected chi connectivity index (χ0v) is 14.2. The standard InChI is InChI=1S/C15H24N4O2S/c1-5-11-17-15(16-6-2)18-12-13-7-9-14(10-8-13)22(20,21)19(3)4/h5,7-10H,1,6,11-12H2,2-4H3,(H2,16,17,18). The van der Waals surface area contributed by atoms with Gasteiger partial charge in [-0.2, -0.15) is 0 Å². The summed E-state index contributed by atoms with van der Waals surface area (Å²) in [7, 11) is -0.353. The molecular formula is C15H24N4O2S. The van der Waals surface area contributed by atoms with E-state index in [1.807, 2.05) is 6.92 Å². The second-order valence-electron chi connectivity index (χ2n) is 4.80. The largest absolute Gasteiger partial charge is 0.357 e. The number of hydrogen-bond acceptors (Lipinski definition) is 3. The number of hydrogen-bond donors (Lipinski definition) is 2. The van der Waals surface area contributed by atoms with E-state index in [1.54, 1.807) is 30.3 Å². The highest BCUT2D eigenvalue weighted by Gasteiger charge is 2.16. The Kier molecular flexibility index (Phi) is 7.07. The maximum Gasteiger partial charge on any atom is 0.242 e. The van der Waals surface area contributed by atoms with Crippen LogP contribution in [0.5, 0.6) is 0 Å². The predicted molar refractivity (Wildman–Crippen MR) is 90.3 cm³/mol. The Hall–Kier alpha value is -1.86. The monoisotopic (exact) mass is 324 g/mol. The minimum Gasteiger partial charge on any atom is -0.357 e. The fourth-order valence-corrected chi connectivity index (χ4v) is 2.56. The zero-order chi connectivity index (χ0) is 16.6. The van der Waals surface area contributed by atoms with Crippen molar-refractivity contribution in [1.82, 2.24) is 14.9 Å². The lowest BCUT2D eigenvalue weighted by molar-refractivity contribution is 0.520. The maximum atomic E-state index is 12.0. The third-order valence-corrected chi connectivity index (χ3v) is 4.71. The number of nitrogens with zero attached hydrogens (tertiary/aromatic N) is 2. The molecule has 0 unspecified atom stereocenters. The molecule has 0 aliphatic rings. The Morgan fingerprint density at radius 1 is 1.27 bits per heavy atom. The smallest absolute Gasteiger partial charge is 0.242 e. The van der Waals surface area contributed by atoms with Gasteiger partial charge >= 0.3 is 0 Å². The van der Waals surface area contributed by atoms with E-state index >= 15 is 0 Å². The number of nitrogens with one attached hydrogen (secondary N) is 2. The molecule has 0 heterocycles. The van der Waals surface area contributed by atoms with Crippen LogP contribution in [0.15, 0.2) is 46.8 Å². The number of guanidine groups is 1. The number of aliphatic imine (C=N–C) groups is 1. The third-order valence-electron chi connectivity index (χ3n) is 2.88. The fraction of sp³-hybridized carbons (Fsp3) is 0.400. The summed E-state index contributed by atoms with van der Waals surface area (Å²) in [6, 6.07) is 6.75. The number of benzene rings is 1. The van der Waals surface area contributed by atoms with E-state index in [2.05, 4.69) is 22.2 Å². The van der Waals surface area contributed by atoms with Gasteiger partial charge in [0, 0.05) is 27.2 Å². The van der Waals surface area contributed by atoms with Gasteiger partial charge < -0.3 is 10.6 Å². The van der Waals surface area contributed by atoms with E-state index in [1.165, 1.54) is 18.4 Å². The minimum absolute atomic E-state index is 0.280. The van der Waals surface area contributed by atoms with Gasteiger partial charge in [0.2, 0.25) is 10.0 Å². The number of rotatable bonds is 7. The Morgan fingerprint density at radius 3 is 2.41 bits per heavy atom. The van der Waals surface area contributed by atoms with Gasteiger partial charge in [0.05, 0.1) is 11.4 Å². The van der Waals surface area contributed by atoms with Gasteiger partial charge in [-0.1, -0.05) is 18.2 Å². The van der Waals surface area contributed by atoms with E-state index in [4.69, 9.17) is 0 Å². The van der Waals surface area contributed by atoms with Crippen molar-refractivity contribution in [3.05, 3.63) is 42.5 Å². The van der Waals surface area contributed by atoms with Crippen LogP contribution in [0, 0.1) is 0 Å². The van der Waals surface area contributed by atoms with Crippen LogP contribution in [0.4, 0.5) is 0 Å². The van der Waals surface area contributed by atoms with Gasteiger partial charge in [0.25, 0.3) is 0 Å². The number of sulfonamides is 1. The highest BCUT2D eigenvalue weighted by molar-refractivity contribution is 7.89. The molecule has 0 atom stereocenters. The van der Waals surface area contributed by atoms with E-state index in [-0.39, 0.29) is 4.90 Å². The Labute approximate surface area is 133 Å². The molecule has 0 aromatic heterocycles. The summed E-state index contributed by atoms with van der Waals surface area (Å²) in [5.41, 5.74) is 0.938. The highest BCUT2D eigenvalue weighted by atomic mass is 32.2. The van der Waals surface area contributed by atoms with Crippen molar-refractivity contribution in [2.45, 2.75) is 18.4 Å². The van der Waals surface area contributed by atoms with Crippen molar-refractivity contribution in [3.8, 4) is 0 Å². The summed E-state index contributed by atoms with van der Waals surface area (Å²) >= 11 is 0. The molecule has 0 saturated carbocycles. The molecule has 0 spiro atoms. The van der Waals surface area contributed by atoms with E-state index in [9.17, 15) is 8.42 Å². The summed E-state index contributed by atoms with van der Waals surface area (Å²) in [5, 5.41) is 6.24. The zero-order valence-electron chi connectivity index (χ0n) is 13.3. The van der Waals surface area contributed by atoms with Crippen LogP contribution >= 0.6 is 0 Å². The van der Waals surface area contributed by atoms with Crippen molar-refractivity contribution in [2.24, 2.45) is 4.99 Å². The normalized spacial score (nSPS) is 12.3. The van der Waals surface area contributed by atoms with Gasteiger partial charge in [-0.25, -0.2) is 17.7 Å². The Bertz CT molecular complexity index is 607. The molecule has 7 heteroatoms. The highest BCUT2D eigenvalue weighted by Crippen LogP contribution is 2.14. The first-order valence-corrected chi connectivity index (χ1v) is 8.50. The molecule has 0 aliphatic carbocycles. The van der Waals surface area contributed by atoms with Gasteiger partial charge in [-0.3, -0.25) is 0 Å². The van der Waals surface area contributed by atoms with Crippen LogP contribution in [0.2, 0.25) is 0 Å². The summed E-state index contributed by atoms with van der Waals surface area (Å²) in [6.45, 7) is 7.51. The Morgan fingerprint density at radius 2 is 1.91 bits per heavy atom. The molecule has 0 amide bonds. The van der Waals surface area contributed by atoms with E-state index in [0.717, 1.165) is 12.1 Å². The van der Waals surface area contributed by atoms with Crippen LogP contribution in [0.3, 0.4) is 0 Å². The molecule has 2 N–H and O–H groups in total. The summed E-state index contributed by atoms with van der Waals surface area (Å²) in [6.07, 6.45) is 1.76. The van der Waals surface area contributed by atoms with Gasteiger partial charge in [-0.05, 0) is 24.6 Å². The van der Waals surface area contributed by atoms with Crippen molar-refractivity contribution in [2.75, 3.05) is 27.2 Å². The molecule has 0 bridgehead atoms. The first kappa shape index (κ1) is 18.2. The Balaban J connectivity index is 2.80. The first-order chi connectivity index (χ1) is 10.4. The summed E-state index contributed by atoms with van der Waals surface area (Å²) in [5.74, 6) is 0.701. The quantitative estimate of drug-likeness (QED) is 0.449. The van der Waals surface area contributed by atoms with Crippen LogP contribution in [0.25, 0.3) is 0 Å². The third kappa shape index (κ3) is 5.16. The predicted octanol–water partition coefficient (Wildman–Crippen LogP) is 1.18. The van der Waals surface area contributed by atoms with Gasteiger partial charge in [0.15, 0.2) is 5.96 Å². The lowest BCUT2D eigenvalue weighted by Crippen LogP contribution is -2.37. The summed E-state index contributed by atoms with van der Waals surface area (Å²) < 4.78 is 25.2. The molecule has 0 radical (unpaired) electrons. The molecular weight excluding hydrogens is 300 g/mol. The van der Waals surface area contributed by atoms with Crippen molar-refractivity contribution in [1.29, 1.82) is 0 Å². The first-order valence-electron chi connectivity index (χ1n) is 7.06.